The fraction of sp³-hybridized carbons (Fsp3) is 0.458. The second kappa shape index (κ2) is 9.88. The normalized spacial score (nSPS) is 17.2. The van der Waals surface area contributed by atoms with Gasteiger partial charge in [0.1, 0.15) is 16.9 Å². The number of rotatable bonds is 8. The van der Waals surface area contributed by atoms with E-state index in [1.807, 2.05) is 31.2 Å². The molecule has 1 aliphatic heterocycles. The van der Waals surface area contributed by atoms with Crippen LogP contribution in [0.1, 0.15) is 58.0 Å². The Morgan fingerprint density at radius 2 is 2.09 bits per heavy atom. The molecule has 1 fully saturated rings. The Morgan fingerprint density at radius 1 is 1.41 bits per heavy atom. The predicted molar refractivity (Wildman–Crippen MR) is 127 cm³/mol. The standard InChI is InChI=1S/C24H31ClN4O3/c1-15(12-24(4,5)31)22-26-13-21(25)23(28-22)29-11-10-20(14-29)32-19-8-6-18(7-9-19)16(2)27-17(3)30/h6-9,13,16,20,31H,1,10-12,14H2,2-5H3,(H,27,30). The molecule has 1 aromatic heterocycles. The summed E-state index contributed by atoms with van der Waals surface area (Å²) < 4.78 is 6.16. The lowest BCUT2D eigenvalue weighted by Crippen LogP contribution is -2.26. The molecule has 0 bridgehead atoms. The number of hydrogen-bond acceptors (Lipinski definition) is 6. The third kappa shape index (κ3) is 6.43. The lowest BCUT2D eigenvalue weighted by Gasteiger charge is -2.21. The number of aliphatic hydroxyl groups is 1. The first kappa shape index (κ1) is 24.0. The quantitative estimate of drug-likeness (QED) is 0.617. The number of nitrogens with zero attached hydrogens (tertiary/aromatic N) is 3. The maximum atomic E-state index is 11.2. The minimum atomic E-state index is -0.887. The number of anilines is 1. The Kier molecular flexibility index (Phi) is 7.41. The van der Waals surface area contributed by atoms with Crippen LogP contribution in [0.5, 0.6) is 5.75 Å². The highest BCUT2D eigenvalue weighted by atomic mass is 35.5. The fourth-order valence-corrected chi connectivity index (χ4v) is 3.99. The lowest BCUT2D eigenvalue weighted by atomic mass is 9.99. The zero-order valence-corrected chi connectivity index (χ0v) is 19.8. The summed E-state index contributed by atoms with van der Waals surface area (Å²) in [6, 6.07) is 7.72. The van der Waals surface area contributed by atoms with Crippen molar-refractivity contribution in [3.63, 3.8) is 0 Å². The monoisotopic (exact) mass is 458 g/mol. The Labute approximate surface area is 194 Å². The van der Waals surface area contributed by atoms with Crippen molar-refractivity contribution in [2.45, 2.75) is 58.3 Å². The number of ether oxygens (including phenoxy) is 1. The molecule has 7 nitrogen and oxygen atoms in total. The van der Waals surface area contributed by atoms with Crippen molar-refractivity contribution < 1.29 is 14.6 Å². The number of amides is 1. The summed E-state index contributed by atoms with van der Waals surface area (Å²) in [5.41, 5.74) is 0.797. The maximum absolute atomic E-state index is 11.2. The second-order valence-electron chi connectivity index (χ2n) is 8.92. The molecule has 2 N–H and O–H groups in total. The van der Waals surface area contributed by atoms with Gasteiger partial charge < -0.3 is 20.1 Å². The van der Waals surface area contributed by atoms with Crippen LogP contribution in [-0.2, 0) is 4.79 Å². The molecular weight excluding hydrogens is 428 g/mol. The average molecular weight is 459 g/mol. The zero-order chi connectivity index (χ0) is 23.5. The van der Waals surface area contributed by atoms with E-state index < -0.39 is 5.60 Å². The average Bonchev–Trinajstić information content (AvgIpc) is 3.15. The second-order valence-corrected chi connectivity index (χ2v) is 9.33. The number of hydrogen-bond donors (Lipinski definition) is 2. The van der Waals surface area contributed by atoms with Gasteiger partial charge in [0.2, 0.25) is 5.91 Å². The van der Waals surface area contributed by atoms with E-state index in [0.29, 0.717) is 35.2 Å². The van der Waals surface area contributed by atoms with E-state index in [9.17, 15) is 9.90 Å². The predicted octanol–water partition coefficient (Wildman–Crippen LogP) is 4.16. The van der Waals surface area contributed by atoms with Crippen LogP contribution in [0.25, 0.3) is 5.57 Å². The molecule has 3 rings (SSSR count). The van der Waals surface area contributed by atoms with Crippen molar-refractivity contribution in [2.24, 2.45) is 0 Å². The summed E-state index contributed by atoms with van der Waals surface area (Å²) in [5, 5.41) is 13.4. The molecule has 0 aliphatic carbocycles. The van der Waals surface area contributed by atoms with Gasteiger partial charge in [0.15, 0.2) is 11.6 Å². The molecule has 2 heterocycles. The van der Waals surface area contributed by atoms with Gasteiger partial charge in [-0.1, -0.05) is 30.3 Å². The van der Waals surface area contributed by atoms with Gasteiger partial charge in [-0.15, -0.1) is 0 Å². The summed E-state index contributed by atoms with van der Waals surface area (Å²) in [6.45, 7) is 12.3. The van der Waals surface area contributed by atoms with Crippen LogP contribution in [-0.4, -0.2) is 45.8 Å². The fourth-order valence-electron chi connectivity index (χ4n) is 3.78. The van der Waals surface area contributed by atoms with E-state index in [2.05, 4.69) is 26.8 Å². The van der Waals surface area contributed by atoms with Gasteiger partial charge in [0.25, 0.3) is 0 Å². The van der Waals surface area contributed by atoms with E-state index in [1.54, 1.807) is 20.0 Å². The van der Waals surface area contributed by atoms with Crippen molar-refractivity contribution in [3.05, 3.63) is 53.5 Å². The number of aromatic nitrogens is 2. The van der Waals surface area contributed by atoms with E-state index in [0.717, 1.165) is 24.3 Å². The van der Waals surface area contributed by atoms with Crippen LogP contribution < -0.4 is 15.0 Å². The number of carbonyl (C=O) groups is 1. The topological polar surface area (TPSA) is 87.6 Å². The van der Waals surface area contributed by atoms with Gasteiger partial charge >= 0.3 is 0 Å². The molecule has 8 heteroatoms. The summed E-state index contributed by atoms with van der Waals surface area (Å²) >= 11 is 6.39. The van der Waals surface area contributed by atoms with Crippen molar-refractivity contribution in [1.82, 2.24) is 15.3 Å². The van der Waals surface area contributed by atoms with E-state index in [1.165, 1.54) is 6.92 Å². The van der Waals surface area contributed by atoms with Crippen LogP contribution in [0.4, 0.5) is 5.82 Å². The maximum Gasteiger partial charge on any atom is 0.217 e. The highest BCUT2D eigenvalue weighted by molar-refractivity contribution is 6.32. The molecule has 2 aromatic rings. The molecule has 1 aromatic carbocycles. The van der Waals surface area contributed by atoms with Crippen LogP contribution in [0.2, 0.25) is 5.02 Å². The molecule has 1 amide bonds. The third-order valence-corrected chi connectivity index (χ3v) is 5.50. The van der Waals surface area contributed by atoms with Gasteiger partial charge in [-0.2, -0.15) is 0 Å². The van der Waals surface area contributed by atoms with Crippen molar-refractivity contribution in [2.75, 3.05) is 18.0 Å². The number of carbonyl (C=O) groups excluding carboxylic acids is 1. The highest BCUT2D eigenvalue weighted by Gasteiger charge is 2.27. The minimum absolute atomic E-state index is 0.00248. The Morgan fingerprint density at radius 3 is 2.72 bits per heavy atom. The summed E-state index contributed by atoms with van der Waals surface area (Å²) in [5.74, 6) is 1.86. The highest BCUT2D eigenvalue weighted by Crippen LogP contribution is 2.30. The van der Waals surface area contributed by atoms with Gasteiger partial charge in [-0.25, -0.2) is 9.97 Å². The van der Waals surface area contributed by atoms with Gasteiger partial charge in [0.05, 0.1) is 24.4 Å². The van der Waals surface area contributed by atoms with Crippen molar-refractivity contribution in [1.29, 1.82) is 0 Å². The summed E-state index contributed by atoms with van der Waals surface area (Å²) in [7, 11) is 0. The van der Waals surface area contributed by atoms with E-state index in [-0.39, 0.29) is 18.1 Å². The van der Waals surface area contributed by atoms with Crippen LogP contribution in [0.15, 0.2) is 37.0 Å². The Hall–Kier alpha value is -2.64. The first-order valence-corrected chi connectivity index (χ1v) is 11.1. The number of nitrogens with one attached hydrogen (secondary N) is 1. The third-order valence-electron chi connectivity index (χ3n) is 5.23. The summed E-state index contributed by atoms with van der Waals surface area (Å²) in [6.07, 6.45) is 2.79. The smallest absolute Gasteiger partial charge is 0.217 e. The SMILES string of the molecule is C=C(CC(C)(C)O)c1ncc(Cl)c(N2CCC(Oc3ccc(C(C)NC(C)=O)cc3)C2)n1. The first-order valence-electron chi connectivity index (χ1n) is 10.7. The van der Waals surface area contributed by atoms with Crippen LogP contribution in [0.3, 0.4) is 0 Å². The Bertz CT molecular complexity index is 972. The zero-order valence-electron chi connectivity index (χ0n) is 19.1. The van der Waals surface area contributed by atoms with E-state index in [4.69, 9.17) is 16.3 Å². The van der Waals surface area contributed by atoms with Gasteiger partial charge in [-0.3, -0.25) is 4.79 Å². The molecule has 0 spiro atoms. The molecule has 2 unspecified atom stereocenters. The molecule has 1 aliphatic rings. The minimum Gasteiger partial charge on any atom is -0.489 e. The largest absolute Gasteiger partial charge is 0.489 e. The van der Waals surface area contributed by atoms with E-state index >= 15 is 0 Å². The molecule has 0 radical (unpaired) electrons. The van der Waals surface area contributed by atoms with Crippen LogP contribution >= 0.6 is 11.6 Å². The first-order chi connectivity index (χ1) is 15.0. The lowest BCUT2D eigenvalue weighted by molar-refractivity contribution is -0.119. The molecule has 0 saturated carbocycles. The van der Waals surface area contributed by atoms with Crippen LogP contribution in [0, 0.1) is 0 Å². The molecule has 1 saturated heterocycles. The molecule has 32 heavy (non-hydrogen) atoms. The van der Waals surface area contributed by atoms with Gasteiger partial charge in [0, 0.05) is 26.3 Å². The molecular formula is C24H31ClN4O3. The Balaban J connectivity index is 1.63. The number of halogens is 1. The van der Waals surface area contributed by atoms with Gasteiger partial charge in [-0.05, 0) is 44.0 Å². The number of benzene rings is 1. The molecule has 172 valence electrons. The van der Waals surface area contributed by atoms with Crippen molar-refractivity contribution in [3.8, 4) is 5.75 Å². The van der Waals surface area contributed by atoms with Crippen molar-refractivity contribution >= 4 is 28.9 Å². The summed E-state index contributed by atoms with van der Waals surface area (Å²) in [4.78, 5) is 22.2. The molecule has 2 atom stereocenters.